The van der Waals surface area contributed by atoms with Crippen LogP contribution in [-0.2, 0) is 4.79 Å². The fourth-order valence-corrected chi connectivity index (χ4v) is 5.68. The molecule has 1 saturated carbocycles. The van der Waals surface area contributed by atoms with E-state index in [1.165, 1.54) is 48.4 Å². The fraction of sp³-hybridized carbons (Fsp3) is 0.500. The number of nitrogens with one attached hydrogen (secondary N) is 1. The zero-order valence-corrected chi connectivity index (χ0v) is 21.5. The van der Waals surface area contributed by atoms with E-state index in [-0.39, 0.29) is 0 Å². The number of hydrogen-bond donors (Lipinski definition) is 2. The maximum atomic E-state index is 10.3. The summed E-state index contributed by atoms with van der Waals surface area (Å²) in [4.78, 5) is 26.6. The summed E-state index contributed by atoms with van der Waals surface area (Å²) in [6, 6.07) is 5.19. The average Bonchev–Trinajstić information content (AvgIpc) is 3.44. The Kier molecular flexibility index (Phi) is 8.94. The van der Waals surface area contributed by atoms with Crippen LogP contribution >= 0.6 is 22.7 Å². The molecule has 0 radical (unpaired) electrons. The summed E-state index contributed by atoms with van der Waals surface area (Å²) in [5, 5.41) is 16.3. The Morgan fingerprint density at radius 3 is 2.45 bits per heavy atom. The molecule has 1 unspecified atom stereocenters. The fourth-order valence-electron chi connectivity index (χ4n) is 3.93. The highest BCUT2D eigenvalue weighted by Gasteiger charge is 2.39. The van der Waals surface area contributed by atoms with Crippen molar-refractivity contribution < 1.29 is 9.90 Å². The second kappa shape index (κ2) is 11.7. The van der Waals surface area contributed by atoms with Crippen molar-refractivity contribution in [2.45, 2.75) is 78.5 Å². The predicted octanol–water partition coefficient (Wildman–Crippen LogP) is 5.87. The number of piperidine rings is 1. The van der Waals surface area contributed by atoms with Crippen LogP contribution in [0.1, 0.15) is 68.8 Å². The summed E-state index contributed by atoms with van der Waals surface area (Å²) < 4.78 is 0. The molecule has 0 spiro atoms. The molecule has 33 heavy (non-hydrogen) atoms. The van der Waals surface area contributed by atoms with E-state index in [1.54, 1.807) is 6.92 Å². The Labute approximate surface area is 203 Å². The maximum absolute atomic E-state index is 10.3. The molecule has 1 amide bonds. The lowest BCUT2D eigenvalue weighted by Gasteiger charge is -2.50. The van der Waals surface area contributed by atoms with Gasteiger partial charge in [-0.05, 0) is 58.1 Å². The molecule has 3 aliphatic rings. The van der Waals surface area contributed by atoms with Gasteiger partial charge in [0, 0.05) is 23.7 Å². The second-order valence-electron chi connectivity index (χ2n) is 8.05. The summed E-state index contributed by atoms with van der Waals surface area (Å²) in [6.45, 7) is 9.66. The lowest BCUT2D eigenvalue weighted by atomic mass is 9.80. The number of carbonyl (C=O) groups excluding carboxylic acids is 1. The number of pyridine rings is 1. The van der Waals surface area contributed by atoms with Crippen molar-refractivity contribution in [1.82, 2.24) is 19.9 Å². The van der Waals surface area contributed by atoms with Gasteiger partial charge in [0.15, 0.2) is 5.13 Å². The van der Waals surface area contributed by atoms with E-state index in [0.29, 0.717) is 12.1 Å². The minimum absolute atomic E-state index is 0.551. The highest BCUT2D eigenvalue weighted by atomic mass is 32.1. The van der Waals surface area contributed by atoms with E-state index in [2.05, 4.69) is 20.3 Å². The standard InChI is InChI=1S/C15H16N4OS2.C7H11NO.C2H6/c1-8-4-5-12(16-6-8)19-15-18-11(7-21-15)13-9(2)17-14(22-13)10(3)20;9-5-8-6-2-1-3-7(8)4-6;1-2/h4-7,10,20H,1-3H3,(H,16,18,19);5-7H,1-4H2;1-2H3/t;6-,7+;. The molecule has 5 heterocycles. The largest absolute Gasteiger partial charge is 0.386 e. The van der Waals surface area contributed by atoms with E-state index in [9.17, 15) is 9.90 Å². The summed E-state index contributed by atoms with van der Waals surface area (Å²) in [5.74, 6) is 0.775. The Morgan fingerprint density at radius 2 is 1.94 bits per heavy atom. The van der Waals surface area contributed by atoms with E-state index in [0.717, 1.165) is 44.2 Å². The van der Waals surface area contributed by atoms with E-state index in [1.807, 2.05) is 56.3 Å². The van der Waals surface area contributed by atoms with Gasteiger partial charge in [-0.1, -0.05) is 19.9 Å². The molecule has 3 aromatic rings. The van der Waals surface area contributed by atoms with Gasteiger partial charge in [0.05, 0.1) is 16.3 Å². The SMILES string of the molecule is CC.Cc1ccc(Nc2nc(-c3sc(C(C)O)nc3C)cs2)nc1.O=CN1[C@@H]2CCC[C@H]1C2. The highest BCUT2D eigenvalue weighted by molar-refractivity contribution is 7.17. The first-order valence-corrected chi connectivity index (χ1v) is 13.2. The highest BCUT2D eigenvalue weighted by Crippen LogP contribution is 2.36. The van der Waals surface area contributed by atoms with Gasteiger partial charge in [-0.3, -0.25) is 4.79 Å². The molecule has 0 aromatic carbocycles. The van der Waals surface area contributed by atoms with Gasteiger partial charge < -0.3 is 15.3 Å². The quantitative estimate of drug-likeness (QED) is 0.437. The van der Waals surface area contributed by atoms with Crippen molar-refractivity contribution in [2.24, 2.45) is 0 Å². The second-order valence-corrected chi connectivity index (χ2v) is 9.94. The molecule has 3 aromatic heterocycles. The molecule has 1 aliphatic carbocycles. The average molecular weight is 488 g/mol. The Bertz CT molecular complexity index is 1020. The van der Waals surface area contributed by atoms with Crippen LogP contribution in [-0.4, -0.2) is 43.5 Å². The molecular formula is C24H33N5O2S2. The topological polar surface area (TPSA) is 91.2 Å². The number of aliphatic hydroxyl groups is 1. The number of hydrogen-bond acceptors (Lipinski definition) is 8. The smallest absolute Gasteiger partial charge is 0.210 e. The van der Waals surface area contributed by atoms with Gasteiger partial charge in [-0.2, -0.15) is 0 Å². The summed E-state index contributed by atoms with van der Waals surface area (Å²) in [5.41, 5.74) is 2.89. The molecule has 2 saturated heterocycles. The number of carbonyl (C=O) groups is 1. The normalized spacial score (nSPS) is 19.3. The number of aliphatic hydroxyl groups excluding tert-OH is 1. The minimum Gasteiger partial charge on any atom is -0.386 e. The van der Waals surface area contributed by atoms with Crippen LogP contribution in [0.2, 0.25) is 0 Å². The van der Waals surface area contributed by atoms with Crippen molar-refractivity contribution in [3.63, 3.8) is 0 Å². The van der Waals surface area contributed by atoms with Crippen LogP contribution in [0.4, 0.5) is 10.9 Å². The number of anilines is 2. The van der Waals surface area contributed by atoms with Crippen LogP contribution in [0.5, 0.6) is 0 Å². The predicted molar refractivity (Wildman–Crippen MR) is 136 cm³/mol. The Hall–Kier alpha value is -2.36. The number of amides is 1. The number of aromatic nitrogens is 3. The summed E-state index contributed by atoms with van der Waals surface area (Å²) >= 11 is 3.01. The van der Waals surface area contributed by atoms with Gasteiger partial charge >= 0.3 is 0 Å². The first-order valence-electron chi connectivity index (χ1n) is 11.5. The maximum Gasteiger partial charge on any atom is 0.210 e. The molecule has 3 fully saturated rings. The zero-order valence-electron chi connectivity index (χ0n) is 19.9. The molecule has 3 atom stereocenters. The van der Waals surface area contributed by atoms with Crippen molar-refractivity contribution >= 4 is 40.0 Å². The van der Waals surface area contributed by atoms with Crippen molar-refractivity contribution in [1.29, 1.82) is 0 Å². The van der Waals surface area contributed by atoms with Crippen LogP contribution < -0.4 is 5.32 Å². The lowest BCUT2D eigenvalue weighted by Crippen LogP contribution is -2.57. The van der Waals surface area contributed by atoms with Crippen molar-refractivity contribution in [3.05, 3.63) is 40.0 Å². The van der Waals surface area contributed by atoms with Gasteiger partial charge in [0.25, 0.3) is 0 Å². The van der Waals surface area contributed by atoms with Gasteiger partial charge in [-0.25, -0.2) is 15.0 Å². The number of aryl methyl sites for hydroxylation is 2. The third kappa shape index (κ3) is 6.16. The third-order valence-electron chi connectivity index (χ3n) is 5.64. The molecular weight excluding hydrogens is 454 g/mol. The number of nitrogens with zero attached hydrogens (tertiary/aromatic N) is 4. The van der Waals surface area contributed by atoms with Crippen molar-refractivity contribution in [2.75, 3.05) is 5.32 Å². The van der Waals surface area contributed by atoms with Crippen LogP contribution in [0.25, 0.3) is 10.6 Å². The number of thiazole rings is 2. The first kappa shape index (κ1) is 25.3. The van der Waals surface area contributed by atoms with E-state index >= 15 is 0 Å². The van der Waals surface area contributed by atoms with Crippen LogP contribution in [0, 0.1) is 13.8 Å². The zero-order chi connectivity index (χ0) is 24.0. The first-order chi connectivity index (χ1) is 15.9. The van der Waals surface area contributed by atoms with Crippen LogP contribution in [0.15, 0.2) is 23.7 Å². The van der Waals surface area contributed by atoms with Gasteiger partial charge in [0.1, 0.15) is 16.9 Å². The molecule has 6 rings (SSSR count). The molecule has 2 bridgehead atoms. The van der Waals surface area contributed by atoms with E-state index < -0.39 is 6.10 Å². The molecule has 178 valence electrons. The molecule has 7 nitrogen and oxygen atoms in total. The molecule has 2 aliphatic heterocycles. The van der Waals surface area contributed by atoms with Crippen LogP contribution in [0.3, 0.4) is 0 Å². The third-order valence-corrected chi connectivity index (χ3v) is 7.75. The number of fused-ring (bicyclic) bond motifs is 2. The van der Waals surface area contributed by atoms with Gasteiger partial charge in [-0.15, -0.1) is 22.7 Å². The van der Waals surface area contributed by atoms with Gasteiger partial charge in [0.2, 0.25) is 6.41 Å². The number of rotatable bonds is 5. The lowest BCUT2D eigenvalue weighted by molar-refractivity contribution is -0.134. The molecule has 2 N–H and O–H groups in total. The monoisotopic (exact) mass is 487 g/mol. The van der Waals surface area contributed by atoms with Crippen molar-refractivity contribution in [3.8, 4) is 10.6 Å². The summed E-state index contributed by atoms with van der Waals surface area (Å²) in [7, 11) is 0. The Balaban J connectivity index is 0.000000230. The Morgan fingerprint density at radius 1 is 1.21 bits per heavy atom. The minimum atomic E-state index is -0.551. The van der Waals surface area contributed by atoms with E-state index in [4.69, 9.17) is 0 Å². The summed E-state index contributed by atoms with van der Waals surface area (Å²) in [6.07, 6.45) is 7.38. The molecule has 9 heteroatoms.